The second kappa shape index (κ2) is 2.82. The molecule has 68 valence electrons. The number of rotatable bonds is 1. The number of hydrogen-bond acceptors (Lipinski definition) is 3. The molecule has 0 spiro atoms. The highest BCUT2D eigenvalue weighted by Gasteiger charge is 2.48. The fourth-order valence-corrected chi connectivity index (χ4v) is 2.19. The van der Waals surface area contributed by atoms with Crippen molar-refractivity contribution in [2.45, 2.75) is 24.9 Å². The van der Waals surface area contributed by atoms with E-state index in [1.165, 1.54) is 0 Å². The molecule has 0 N–H and O–H groups in total. The number of Topliss-reactive ketones (excluding diaryl/α,β-unsaturated/α-hetero) is 1. The maximum Gasteiger partial charge on any atom is 0.172 e. The van der Waals surface area contributed by atoms with Gasteiger partial charge in [-0.05, 0) is 19.3 Å². The molecule has 3 heteroatoms. The fraction of sp³-hybridized carbons (Fsp3) is 0.889. The third-order valence-electron chi connectivity index (χ3n) is 3.00. The number of carbonyl (C=O) groups is 1. The molecule has 12 heavy (non-hydrogen) atoms. The Balaban J connectivity index is 2.24. The molecule has 1 aliphatic heterocycles. The first-order valence-electron chi connectivity index (χ1n) is 4.46. The first-order valence-corrected chi connectivity index (χ1v) is 4.46. The van der Waals surface area contributed by atoms with Crippen molar-refractivity contribution in [1.29, 1.82) is 0 Å². The van der Waals surface area contributed by atoms with Crippen LogP contribution in [0.2, 0.25) is 0 Å². The summed E-state index contributed by atoms with van der Waals surface area (Å²) in [4.78, 5) is 11.8. The van der Waals surface area contributed by atoms with Crippen molar-refractivity contribution in [2.75, 3.05) is 20.3 Å². The summed E-state index contributed by atoms with van der Waals surface area (Å²) >= 11 is 0. The van der Waals surface area contributed by atoms with Gasteiger partial charge in [0, 0.05) is 13.0 Å². The summed E-state index contributed by atoms with van der Waals surface area (Å²) < 4.78 is 10.6. The van der Waals surface area contributed by atoms with Gasteiger partial charge in [0.25, 0.3) is 0 Å². The van der Waals surface area contributed by atoms with Crippen LogP contribution in [0.25, 0.3) is 0 Å². The maximum absolute atomic E-state index is 11.8. The number of hydrogen-bond donors (Lipinski definition) is 0. The van der Waals surface area contributed by atoms with Gasteiger partial charge < -0.3 is 9.47 Å². The molecule has 2 fully saturated rings. The van der Waals surface area contributed by atoms with Gasteiger partial charge in [0.05, 0.1) is 13.2 Å². The van der Waals surface area contributed by atoms with E-state index in [0.717, 1.165) is 19.3 Å². The molecule has 3 nitrogen and oxygen atoms in total. The third kappa shape index (κ3) is 1.00. The predicted molar refractivity (Wildman–Crippen MR) is 42.9 cm³/mol. The molecule has 1 saturated carbocycles. The third-order valence-corrected chi connectivity index (χ3v) is 3.00. The standard InChI is InChI=1S/C9H14O3/c1-11-9-4-2-3-7(8(9)10)5-12-6-9/h7H,2-6H2,1H3. The van der Waals surface area contributed by atoms with Gasteiger partial charge in [-0.15, -0.1) is 0 Å². The van der Waals surface area contributed by atoms with Crippen molar-refractivity contribution < 1.29 is 14.3 Å². The van der Waals surface area contributed by atoms with Gasteiger partial charge in [-0.25, -0.2) is 0 Å². The molecule has 1 aliphatic carbocycles. The molecule has 2 bridgehead atoms. The van der Waals surface area contributed by atoms with Crippen molar-refractivity contribution in [1.82, 2.24) is 0 Å². The Morgan fingerprint density at radius 1 is 1.67 bits per heavy atom. The summed E-state index contributed by atoms with van der Waals surface area (Å²) in [7, 11) is 1.61. The molecule has 2 atom stereocenters. The van der Waals surface area contributed by atoms with Crippen molar-refractivity contribution in [3.63, 3.8) is 0 Å². The molecule has 2 rings (SSSR count). The van der Waals surface area contributed by atoms with E-state index in [9.17, 15) is 4.79 Å². The number of ketones is 1. The maximum atomic E-state index is 11.8. The first-order chi connectivity index (χ1) is 5.78. The Kier molecular flexibility index (Phi) is 1.93. The number of methoxy groups -OCH3 is 1. The minimum atomic E-state index is -0.582. The van der Waals surface area contributed by atoms with Crippen molar-refractivity contribution in [3.05, 3.63) is 0 Å². The molecule has 1 heterocycles. The second-order valence-corrected chi connectivity index (χ2v) is 3.67. The monoisotopic (exact) mass is 170 g/mol. The summed E-state index contributed by atoms with van der Waals surface area (Å²) in [5.74, 6) is 0.370. The molecule has 2 unspecified atom stereocenters. The van der Waals surface area contributed by atoms with Crippen LogP contribution in [0.15, 0.2) is 0 Å². The molecule has 1 saturated heterocycles. The summed E-state index contributed by atoms with van der Waals surface area (Å²) in [5, 5.41) is 0. The zero-order valence-corrected chi connectivity index (χ0v) is 7.34. The molecule has 0 radical (unpaired) electrons. The van der Waals surface area contributed by atoms with Gasteiger partial charge in [-0.3, -0.25) is 4.79 Å². The number of carbonyl (C=O) groups excluding carboxylic acids is 1. The van der Waals surface area contributed by atoms with Crippen molar-refractivity contribution >= 4 is 5.78 Å². The topological polar surface area (TPSA) is 35.5 Å². The molecule has 0 amide bonds. The molecule has 2 aliphatic rings. The average Bonchev–Trinajstić information content (AvgIpc) is 2.05. The van der Waals surface area contributed by atoms with Crippen molar-refractivity contribution in [3.8, 4) is 0 Å². The van der Waals surface area contributed by atoms with E-state index in [-0.39, 0.29) is 11.7 Å². The minimum Gasteiger partial charge on any atom is -0.377 e. The van der Waals surface area contributed by atoms with E-state index < -0.39 is 5.60 Å². The van der Waals surface area contributed by atoms with E-state index >= 15 is 0 Å². The predicted octanol–water partition coefficient (Wildman–Crippen LogP) is 0.771. The minimum absolute atomic E-state index is 0.104. The van der Waals surface area contributed by atoms with E-state index in [1.54, 1.807) is 7.11 Å². The lowest BCUT2D eigenvalue weighted by molar-refractivity contribution is -0.176. The zero-order valence-electron chi connectivity index (χ0n) is 7.34. The molecule has 0 aromatic heterocycles. The lowest BCUT2D eigenvalue weighted by Crippen LogP contribution is -2.55. The van der Waals surface area contributed by atoms with Gasteiger partial charge in [0.15, 0.2) is 5.78 Å². The van der Waals surface area contributed by atoms with Gasteiger partial charge >= 0.3 is 0 Å². The molecule has 0 aromatic carbocycles. The summed E-state index contributed by atoms with van der Waals surface area (Å²) in [6, 6.07) is 0. The van der Waals surface area contributed by atoms with Crippen LogP contribution in [0.4, 0.5) is 0 Å². The van der Waals surface area contributed by atoms with E-state index in [1.807, 2.05) is 0 Å². The van der Waals surface area contributed by atoms with Crippen LogP contribution < -0.4 is 0 Å². The molecular formula is C9H14O3. The highest BCUT2D eigenvalue weighted by molar-refractivity contribution is 5.91. The van der Waals surface area contributed by atoms with Gasteiger partial charge in [0.1, 0.15) is 5.60 Å². The fourth-order valence-electron chi connectivity index (χ4n) is 2.19. The average molecular weight is 170 g/mol. The quantitative estimate of drug-likeness (QED) is 0.583. The highest BCUT2D eigenvalue weighted by Crippen LogP contribution is 2.35. The van der Waals surface area contributed by atoms with Crippen LogP contribution in [0.5, 0.6) is 0 Å². The smallest absolute Gasteiger partial charge is 0.172 e. The Morgan fingerprint density at radius 3 is 3.17 bits per heavy atom. The molecular weight excluding hydrogens is 156 g/mol. The Morgan fingerprint density at radius 2 is 2.50 bits per heavy atom. The van der Waals surface area contributed by atoms with Crippen LogP contribution in [0, 0.1) is 5.92 Å². The normalized spacial score (nSPS) is 41.4. The Hall–Kier alpha value is -0.410. The Labute approximate surface area is 72.0 Å². The van der Waals surface area contributed by atoms with E-state index in [4.69, 9.17) is 9.47 Å². The summed E-state index contributed by atoms with van der Waals surface area (Å²) in [5.41, 5.74) is -0.582. The van der Waals surface area contributed by atoms with E-state index in [2.05, 4.69) is 0 Å². The zero-order chi connectivity index (χ0) is 8.60. The Bertz CT molecular complexity index is 190. The SMILES string of the molecule is COC12CCCC(COC1)C2=O. The number of fused-ring (bicyclic) bond motifs is 2. The van der Waals surface area contributed by atoms with Crippen LogP contribution in [-0.4, -0.2) is 31.7 Å². The summed E-state index contributed by atoms with van der Waals surface area (Å²) in [6.07, 6.45) is 2.90. The van der Waals surface area contributed by atoms with Crippen molar-refractivity contribution in [2.24, 2.45) is 5.92 Å². The number of ether oxygens (including phenoxy) is 2. The van der Waals surface area contributed by atoms with Crippen LogP contribution in [0.1, 0.15) is 19.3 Å². The van der Waals surface area contributed by atoms with Gasteiger partial charge in [0.2, 0.25) is 0 Å². The van der Waals surface area contributed by atoms with Gasteiger partial charge in [-0.2, -0.15) is 0 Å². The van der Waals surface area contributed by atoms with Crippen LogP contribution in [0.3, 0.4) is 0 Å². The largest absolute Gasteiger partial charge is 0.377 e. The molecule has 0 aromatic rings. The summed E-state index contributed by atoms with van der Waals surface area (Å²) in [6.45, 7) is 1.06. The van der Waals surface area contributed by atoms with E-state index in [0.29, 0.717) is 13.2 Å². The van der Waals surface area contributed by atoms with Crippen LogP contribution in [-0.2, 0) is 14.3 Å². The lowest BCUT2D eigenvalue weighted by atomic mass is 9.76. The highest BCUT2D eigenvalue weighted by atomic mass is 16.5. The lowest BCUT2D eigenvalue weighted by Gasteiger charge is -2.41. The van der Waals surface area contributed by atoms with Crippen LogP contribution >= 0.6 is 0 Å². The second-order valence-electron chi connectivity index (χ2n) is 3.67. The first kappa shape index (κ1) is 8.20. The van der Waals surface area contributed by atoms with Gasteiger partial charge in [-0.1, -0.05) is 0 Å².